The van der Waals surface area contributed by atoms with E-state index in [0.29, 0.717) is 11.8 Å². The monoisotopic (exact) mass is 325 g/mol. The molecule has 1 heterocycles. The average molecular weight is 325 g/mol. The van der Waals surface area contributed by atoms with Crippen LogP contribution in [0.2, 0.25) is 0 Å². The maximum atomic E-state index is 9.56. The molecular weight excluding hydrogens is 298 g/mol. The van der Waals surface area contributed by atoms with E-state index in [0.717, 1.165) is 45.3 Å². The van der Waals surface area contributed by atoms with Crippen molar-refractivity contribution in [1.82, 2.24) is 0 Å². The highest BCUT2D eigenvalue weighted by atomic mass is 16.7. The van der Waals surface area contributed by atoms with Gasteiger partial charge in [0.25, 0.3) is 0 Å². The molecule has 128 valence electrons. The Kier molecular flexibility index (Phi) is 3.28. The average Bonchev–Trinajstić information content (AvgIpc) is 3.18. The quantitative estimate of drug-likeness (QED) is 0.658. The molecule has 4 atom stereocenters. The van der Waals surface area contributed by atoms with Crippen LogP contribution < -0.4 is 0 Å². The molecule has 3 nitrogen and oxygen atoms in total. The summed E-state index contributed by atoms with van der Waals surface area (Å²) in [5.41, 5.74) is 5.10. The highest BCUT2D eigenvalue weighted by Gasteiger charge is 2.53. The van der Waals surface area contributed by atoms with Gasteiger partial charge < -0.3 is 9.47 Å². The maximum absolute atomic E-state index is 9.56. The summed E-state index contributed by atoms with van der Waals surface area (Å²) in [5.74, 6) is 1.37. The van der Waals surface area contributed by atoms with Gasteiger partial charge in [-0.2, -0.15) is 5.26 Å². The van der Waals surface area contributed by atoms with Crippen LogP contribution in [0.4, 0.5) is 0 Å². The van der Waals surface area contributed by atoms with E-state index in [9.17, 15) is 5.26 Å². The molecule has 0 N–H and O–H groups in total. The van der Waals surface area contributed by atoms with Crippen LogP contribution >= 0.6 is 0 Å². The first-order valence-corrected chi connectivity index (χ1v) is 9.74. The third-order valence-electron chi connectivity index (χ3n) is 7.80. The van der Waals surface area contributed by atoms with Gasteiger partial charge in [-0.1, -0.05) is 18.6 Å². The van der Waals surface area contributed by atoms with Crippen molar-refractivity contribution in [2.24, 2.45) is 23.2 Å². The van der Waals surface area contributed by atoms with Gasteiger partial charge in [-0.05, 0) is 66.9 Å². The summed E-state index contributed by atoms with van der Waals surface area (Å²) in [5, 5.41) is 9.56. The Morgan fingerprint density at radius 2 is 2.00 bits per heavy atom. The molecule has 2 fully saturated rings. The van der Waals surface area contributed by atoms with Gasteiger partial charge in [0.15, 0.2) is 5.79 Å². The molecule has 0 amide bonds. The molecule has 1 spiro atoms. The first kappa shape index (κ1) is 15.2. The number of nitriles is 1. The molecule has 5 rings (SSSR count). The number of allylic oxidation sites excluding steroid dienone is 3. The van der Waals surface area contributed by atoms with Crippen molar-refractivity contribution in [2.45, 2.75) is 64.1 Å². The number of nitrogens with zero attached hydrogens (tertiary/aromatic N) is 1. The zero-order chi connectivity index (χ0) is 16.4. The summed E-state index contributed by atoms with van der Waals surface area (Å²) in [6.45, 7) is 3.89. The summed E-state index contributed by atoms with van der Waals surface area (Å²) < 4.78 is 11.9. The fourth-order valence-electron chi connectivity index (χ4n) is 6.51. The molecule has 0 aromatic carbocycles. The second-order valence-corrected chi connectivity index (χ2v) is 8.75. The van der Waals surface area contributed by atoms with Gasteiger partial charge in [0.05, 0.1) is 25.2 Å². The molecule has 5 aliphatic rings. The van der Waals surface area contributed by atoms with Crippen LogP contribution in [0.3, 0.4) is 0 Å². The minimum Gasteiger partial charge on any atom is -0.347 e. The number of hydrogen-bond donors (Lipinski definition) is 0. The van der Waals surface area contributed by atoms with Crippen molar-refractivity contribution in [2.75, 3.05) is 13.2 Å². The number of fused-ring (bicyclic) bond motifs is 4. The lowest BCUT2D eigenvalue weighted by molar-refractivity contribution is -0.164. The summed E-state index contributed by atoms with van der Waals surface area (Å²) in [7, 11) is 0. The minimum absolute atomic E-state index is 0.217. The summed E-state index contributed by atoms with van der Waals surface area (Å²) in [6.07, 6.45) is 11.5. The Morgan fingerprint density at radius 3 is 2.79 bits per heavy atom. The van der Waals surface area contributed by atoms with E-state index in [1.807, 2.05) is 0 Å². The minimum atomic E-state index is -0.297. The molecule has 4 aliphatic carbocycles. The molecular formula is C21H27NO2. The van der Waals surface area contributed by atoms with Crippen LogP contribution in [0.15, 0.2) is 22.8 Å². The van der Waals surface area contributed by atoms with E-state index in [4.69, 9.17) is 9.47 Å². The fraction of sp³-hybridized carbons (Fsp3) is 0.762. The van der Waals surface area contributed by atoms with Gasteiger partial charge in [-0.15, -0.1) is 0 Å². The third kappa shape index (κ3) is 1.96. The first-order chi connectivity index (χ1) is 11.7. The molecule has 1 saturated carbocycles. The van der Waals surface area contributed by atoms with Gasteiger partial charge >= 0.3 is 0 Å². The van der Waals surface area contributed by atoms with Crippen LogP contribution in [-0.2, 0) is 9.47 Å². The fourth-order valence-corrected chi connectivity index (χ4v) is 6.51. The number of rotatable bonds is 0. The highest BCUT2D eigenvalue weighted by molar-refractivity contribution is 5.44. The maximum Gasteiger partial charge on any atom is 0.172 e. The Labute approximate surface area is 144 Å². The zero-order valence-corrected chi connectivity index (χ0v) is 14.6. The second-order valence-electron chi connectivity index (χ2n) is 8.75. The SMILES string of the molecule is CC12CC=C3C4=C(CCC3C1CCC2C#N)CC1(CC4)OCCO1. The lowest BCUT2D eigenvalue weighted by Crippen LogP contribution is -2.40. The van der Waals surface area contributed by atoms with Crippen molar-refractivity contribution in [3.05, 3.63) is 22.8 Å². The van der Waals surface area contributed by atoms with Gasteiger partial charge in [0.1, 0.15) is 0 Å². The Morgan fingerprint density at radius 1 is 1.17 bits per heavy atom. The van der Waals surface area contributed by atoms with Gasteiger partial charge in [0, 0.05) is 12.8 Å². The molecule has 0 radical (unpaired) electrons. The van der Waals surface area contributed by atoms with Crippen LogP contribution in [-0.4, -0.2) is 19.0 Å². The van der Waals surface area contributed by atoms with Crippen molar-refractivity contribution in [3.8, 4) is 6.07 Å². The largest absolute Gasteiger partial charge is 0.347 e. The van der Waals surface area contributed by atoms with Gasteiger partial charge in [-0.3, -0.25) is 0 Å². The highest BCUT2D eigenvalue weighted by Crippen LogP contribution is 2.61. The van der Waals surface area contributed by atoms with Gasteiger partial charge in [0.2, 0.25) is 0 Å². The van der Waals surface area contributed by atoms with Crippen molar-refractivity contribution in [1.29, 1.82) is 5.26 Å². The molecule has 3 heteroatoms. The summed E-state index contributed by atoms with van der Waals surface area (Å²) >= 11 is 0. The van der Waals surface area contributed by atoms with Crippen LogP contribution in [0, 0.1) is 34.5 Å². The van der Waals surface area contributed by atoms with E-state index in [-0.39, 0.29) is 17.1 Å². The van der Waals surface area contributed by atoms with E-state index in [2.05, 4.69) is 19.1 Å². The van der Waals surface area contributed by atoms with E-state index < -0.39 is 0 Å². The molecule has 0 aromatic rings. The Balaban J connectivity index is 1.48. The van der Waals surface area contributed by atoms with Crippen LogP contribution in [0.1, 0.15) is 58.3 Å². The van der Waals surface area contributed by atoms with Crippen LogP contribution in [0.5, 0.6) is 0 Å². The van der Waals surface area contributed by atoms with Crippen molar-refractivity contribution >= 4 is 0 Å². The number of ether oxygens (including phenoxy) is 2. The third-order valence-corrected chi connectivity index (χ3v) is 7.80. The predicted molar refractivity (Wildman–Crippen MR) is 90.9 cm³/mol. The summed E-state index contributed by atoms with van der Waals surface area (Å²) in [6, 6.07) is 2.61. The Hall–Kier alpha value is -1.11. The van der Waals surface area contributed by atoms with E-state index in [1.54, 1.807) is 16.7 Å². The van der Waals surface area contributed by atoms with E-state index >= 15 is 0 Å². The standard InChI is InChI=1S/C21H27NO2/c1-20-8-6-17-16-7-9-21(23-10-11-24-21)12-14(16)2-4-18(17)19(20)5-3-15(20)13-22/h6,15,18-19H,2-5,7-12H2,1H3. The van der Waals surface area contributed by atoms with Crippen molar-refractivity contribution in [3.63, 3.8) is 0 Å². The second kappa shape index (κ2) is 5.19. The van der Waals surface area contributed by atoms with Gasteiger partial charge in [-0.25, -0.2) is 0 Å². The predicted octanol–water partition coefficient (Wildman–Crippen LogP) is 4.51. The lowest BCUT2D eigenvalue weighted by Gasteiger charge is -2.48. The van der Waals surface area contributed by atoms with E-state index in [1.165, 1.54) is 19.3 Å². The molecule has 1 aliphatic heterocycles. The topological polar surface area (TPSA) is 42.2 Å². The zero-order valence-electron chi connectivity index (χ0n) is 14.6. The molecule has 0 aromatic heterocycles. The number of hydrogen-bond acceptors (Lipinski definition) is 3. The normalized spacial score (nSPS) is 43.0. The Bertz CT molecular complexity index is 664. The molecule has 24 heavy (non-hydrogen) atoms. The lowest BCUT2D eigenvalue weighted by atomic mass is 9.57. The van der Waals surface area contributed by atoms with Crippen LogP contribution in [0.25, 0.3) is 0 Å². The molecule has 1 saturated heterocycles. The molecule has 0 bridgehead atoms. The smallest absolute Gasteiger partial charge is 0.172 e. The molecule has 4 unspecified atom stereocenters. The summed E-state index contributed by atoms with van der Waals surface area (Å²) in [4.78, 5) is 0. The van der Waals surface area contributed by atoms with Crippen molar-refractivity contribution < 1.29 is 9.47 Å². The first-order valence-electron chi connectivity index (χ1n) is 9.74.